The van der Waals surface area contributed by atoms with Gasteiger partial charge >= 0.3 is 0 Å². The summed E-state index contributed by atoms with van der Waals surface area (Å²) in [5.74, 6) is 0. The Bertz CT molecular complexity index is 354. The third kappa shape index (κ3) is 1.63. The zero-order valence-electron chi connectivity index (χ0n) is 9.64. The van der Waals surface area contributed by atoms with E-state index in [2.05, 4.69) is 31.3 Å². The van der Waals surface area contributed by atoms with Crippen molar-refractivity contribution in [1.82, 2.24) is 5.32 Å². The number of nitrogen functional groups attached to an aromatic ring is 1. The number of fused-ring (bicyclic) bond motifs is 1. The molecule has 2 heteroatoms. The van der Waals surface area contributed by atoms with Crippen molar-refractivity contribution in [1.29, 1.82) is 0 Å². The van der Waals surface area contributed by atoms with Gasteiger partial charge in [0.25, 0.3) is 0 Å². The molecular formula is C13H20N2. The second-order valence-electron chi connectivity index (χ2n) is 4.38. The van der Waals surface area contributed by atoms with Crippen LogP contribution in [0, 0.1) is 0 Å². The molecule has 1 aliphatic rings. The first-order valence-corrected chi connectivity index (χ1v) is 5.86. The number of hydrogen-bond acceptors (Lipinski definition) is 2. The summed E-state index contributed by atoms with van der Waals surface area (Å²) in [7, 11) is 0. The molecule has 0 atom stereocenters. The van der Waals surface area contributed by atoms with Gasteiger partial charge < -0.3 is 11.1 Å². The molecule has 3 N–H and O–H groups in total. The van der Waals surface area contributed by atoms with Crippen molar-refractivity contribution in [3.05, 3.63) is 29.3 Å². The molecule has 2 rings (SSSR count). The van der Waals surface area contributed by atoms with Crippen LogP contribution in [0.25, 0.3) is 0 Å². The van der Waals surface area contributed by atoms with Crippen molar-refractivity contribution < 1.29 is 0 Å². The lowest BCUT2D eigenvalue weighted by Crippen LogP contribution is -2.46. The van der Waals surface area contributed by atoms with Gasteiger partial charge in [-0.1, -0.05) is 19.9 Å². The maximum absolute atomic E-state index is 5.83. The highest BCUT2D eigenvalue weighted by Gasteiger charge is 2.32. The Morgan fingerprint density at radius 2 is 2.07 bits per heavy atom. The largest absolute Gasteiger partial charge is 0.399 e. The maximum Gasteiger partial charge on any atom is 0.0432 e. The molecule has 2 nitrogen and oxygen atoms in total. The van der Waals surface area contributed by atoms with Crippen molar-refractivity contribution in [2.24, 2.45) is 0 Å². The minimum absolute atomic E-state index is 0.182. The van der Waals surface area contributed by atoms with Crippen LogP contribution < -0.4 is 11.1 Å². The number of rotatable bonds is 2. The molecule has 1 aromatic carbocycles. The van der Waals surface area contributed by atoms with Gasteiger partial charge in [-0.05, 0) is 42.5 Å². The van der Waals surface area contributed by atoms with Gasteiger partial charge in [0.1, 0.15) is 0 Å². The highest BCUT2D eigenvalue weighted by atomic mass is 15.0. The third-order valence-electron chi connectivity index (χ3n) is 3.71. The molecule has 0 spiro atoms. The molecule has 0 aromatic heterocycles. The van der Waals surface area contributed by atoms with Crippen molar-refractivity contribution in [2.75, 3.05) is 12.3 Å². The Morgan fingerprint density at radius 3 is 2.73 bits per heavy atom. The number of hydrogen-bond donors (Lipinski definition) is 2. The Hall–Kier alpha value is -1.02. The van der Waals surface area contributed by atoms with E-state index < -0.39 is 0 Å². The molecule has 82 valence electrons. The Labute approximate surface area is 91.9 Å². The fourth-order valence-corrected chi connectivity index (χ4v) is 2.70. The molecule has 0 unspecified atom stereocenters. The molecule has 0 bridgehead atoms. The number of anilines is 1. The quantitative estimate of drug-likeness (QED) is 0.726. The van der Waals surface area contributed by atoms with E-state index >= 15 is 0 Å². The molecule has 0 aliphatic carbocycles. The Kier molecular flexibility index (Phi) is 2.70. The van der Waals surface area contributed by atoms with Crippen molar-refractivity contribution >= 4 is 5.69 Å². The van der Waals surface area contributed by atoms with Crippen molar-refractivity contribution in [2.45, 2.75) is 38.6 Å². The first kappa shape index (κ1) is 10.5. The van der Waals surface area contributed by atoms with Gasteiger partial charge in [0.05, 0.1) is 0 Å². The molecule has 0 amide bonds. The highest BCUT2D eigenvalue weighted by Crippen LogP contribution is 2.35. The molecule has 0 saturated heterocycles. The van der Waals surface area contributed by atoms with E-state index in [9.17, 15) is 0 Å². The van der Waals surface area contributed by atoms with Crippen LogP contribution in [0.5, 0.6) is 0 Å². The second-order valence-corrected chi connectivity index (χ2v) is 4.38. The van der Waals surface area contributed by atoms with E-state index in [0.29, 0.717) is 0 Å². The minimum atomic E-state index is 0.182. The Morgan fingerprint density at radius 1 is 1.33 bits per heavy atom. The zero-order valence-corrected chi connectivity index (χ0v) is 9.64. The van der Waals surface area contributed by atoms with Crippen LogP contribution in [-0.2, 0) is 12.0 Å². The van der Waals surface area contributed by atoms with E-state index in [1.165, 1.54) is 11.1 Å². The van der Waals surface area contributed by atoms with Gasteiger partial charge in [0, 0.05) is 17.8 Å². The topological polar surface area (TPSA) is 38.0 Å². The fourth-order valence-electron chi connectivity index (χ4n) is 2.70. The summed E-state index contributed by atoms with van der Waals surface area (Å²) < 4.78 is 0. The molecule has 0 radical (unpaired) electrons. The average molecular weight is 204 g/mol. The van der Waals surface area contributed by atoms with Crippen LogP contribution in [0.4, 0.5) is 5.69 Å². The lowest BCUT2D eigenvalue weighted by atomic mass is 9.78. The monoisotopic (exact) mass is 204 g/mol. The van der Waals surface area contributed by atoms with E-state index in [1.807, 2.05) is 6.07 Å². The predicted molar refractivity (Wildman–Crippen MR) is 64.8 cm³/mol. The van der Waals surface area contributed by atoms with Gasteiger partial charge in [-0.15, -0.1) is 0 Å². The zero-order chi connectivity index (χ0) is 10.9. The average Bonchev–Trinajstić information content (AvgIpc) is 2.27. The molecule has 15 heavy (non-hydrogen) atoms. The van der Waals surface area contributed by atoms with Crippen LogP contribution in [-0.4, -0.2) is 6.54 Å². The predicted octanol–water partition coefficient (Wildman–Crippen LogP) is 2.43. The van der Waals surface area contributed by atoms with Crippen LogP contribution in [0.1, 0.15) is 37.8 Å². The highest BCUT2D eigenvalue weighted by molar-refractivity contribution is 5.48. The van der Waals surface area contributed by atoms with E-state index in [4.69, 9.17) is 5.73 Å². The summed E-state index contributed by atoms with van der Waals surface area (Å²) in [6.07, 6.45) is 3.38. The SMILES string of the molecule is CCC1(CC)NCCc2cc(N)ccc21. The lowest BCUT2D eigenvalue weighted by molar-refractivity contribution is 0.293. The van der Waals surface area contributed by atoms with Crippen LogP contribution in [0.15, 0.2) is 18.2 Å². The molecule has 1 aromatic rings. The fraction of sp³-hybridized carbons (Fsp3) is 0.538. The summed E-state index contributed by atoms with van der Waals surface area (Å²) in [4.78, 5) is 0. The van der Waals surface area contributed by atoms with Crippen LogP contribution in [0.3, 0.4) is 0 Å². The molecule has 0 fully saturated rings. The van der Waals surface area contributed by atoms with E-state index in [0.717, 1.165) is 31.5 Å². The molecule has 0 saturated carbocycles. The summed E-state index contributed by atoms with van der Waals surface area (Å²) in [6.45, 7) is 5.57. The van der Waals surface area contributed by atoms with Gasteiger partial charge in [0.15, 0.2) is 0 Å². The maximum atomic E-state index is 5.83. The van der Waals surface area contributed by atoms with Crippen LogP contribution >= 0.6 is 0 Å². The summed E-state index contributed by atoms with van der Waals surface area (Å²) in [5, 5.41) is 3.67. The second kappa shape index (κ2) is 3.86. The smallest absolute Gasteiger partial charge is 0.0432 e. The third-order valence-corrected chi connectivity index (χ3v) is 3.71. The number of nitrogens with one attached hydrogen (secondary N) is 1. The first-order chi connectivity index (χ1) is 7.22. The summed E-state index contributed by atoms with van der Waals surface area (Å²) in [5.41, 5.74) is 9.78. The lowest BCUT2D eigenvalue weighted by Gasteiger charge is -2.39. The molecular weight excluding hydrogens is 184 g/mol. The van der Waals surface area contributed by atoms with E-state index in [-0.39, 0.29) is 5.54 Å². The standard InChI is InChI=1S/C13H20N2/c1-3-13(4-2)12-6-5-11(14)9-10(12)7-8-15-13/h5-6,9,15H,3-4,7-8,14H2,1-2H3. The molecule has 1 aliphatic heterocycles. The van der Waals surface area contributed by atoms with Gasteiger partial charge in [-0.25, -0.2) is 0 Å². The van der Waals surface area contributed by atoms with Crippen LogP contribution in [0.2, 0.25) is 0 Å². The normalized spacial score (nSPS) is 18.5. The minimum Gasteiger partial charge on any atom is -0.399 e. The summed E-state index contributed by atoms with van der Waals surface area (Å²) in [6, 6.07) is 6.35. The van der Waals surface area contributed by atoms with Gasteiger partial charge in [0.2, 0.25) is 0 Å². The van der Waals surface area contributed by atoms with Crippen molar-refractivity contribution in [3.8, 4) is 0 Å². The van der Waals surface area contributed by atoms with Gasteiger partial charge in [-0.3, -0.25) is 0 Å². The number of benzene rings is 1. The van der Waals surface area contributed by atoms with Gasteiger partial charge in [-0.2, -0.15) is 0 Å². The molecule has 1 heterocycles. The summed E-state index contributed by atoms with van der Waals surface area (Å²) >= 11 is 0. The van der Waals surface area contributed by atoms with Crippen molar-refractivity contribution in [3.63, 3.8) is 0 Å². The van der Waals surface area contributed by atoms with E-state index in [1.54, 1.807) is 0 Å². The number of nitrogens with two attached hydrogens (primary N) is 1. The first-order valence-electron chi connectivity index (χ1n) is 5.86. The Balaban J connectivity index is 2.50.